The zero-order valence-electron chi connectivity index (χ0n) is 10.3. The van der Waals surface area contributed by atoms with Gasteiger partial charge in [0.2, 0.25) is 0 Å². The lowest BCUT2D eigenvalue weighted by Crippen LogP contribution is -2.25. The summed E-state index contributed by atoms with van der Waals surface area (Å²) in [6.07, 6.45) is 2.08. The van der Waals surface area contributed by atoms with Crippen LogP contribution in [0.15, 0.2) is 18.2 Å². The van der Waals surface area contributed by atoms with Crippen LogP contribution in [0.4, 0.5) is 5.69 Å². The molecule has 1 rings (SSSR count). The van der Waals surface area contributed by atoms with E-state index in [4.69, 9.17) is 17.3 Å². The van der Waals surface area contributed by atoms with E-state index in [0.29, 0.717) is 28.7 Å². The standard InChI is InChI=1S/C13H19ClN2O/c1-9(2)4-3-7-16-13(17)11-8-10(15)5-6-12(11)14/h5-6,8-9H,3-4,7,15H2,1-2H3,(H,16,17). The molecule has 0 unspecified atom stereocenters. The number of hydrogen-bond donors (Lipinski definition) is 2. The molecule has 0 radical (unpaired) electrons. The third-order valence-electron chi connectivity index (χ3n) is 2.48. The number of amides is 1. The van der Waals surface area contributed by atoms with E-state index in [1.54, 1.807) is 18.2 Å². The molecule has 0 saturated heterocycles. The van der Waals surface area contributed by atoms with Crippen molar-refractivity contribution in [1.29, 1.82) is 0 Å². The number of anilines is 1. The number of carbonyl (C=O) groups is 1. The van der Waals surface area contributed by atoms with Crippen molar-refractivity contribution in [3.63, 3.8) is 0 Å². The number of nitrogens with one attached hydrogen (secondary N) is 1. The number of halogens is 1. The normalized spacial score (nSPS) is 10.6. The first-order valence-electron chi connectivity index (χ1n) is 5.84. The van der Waals surface area contributed by atoms with Crippen LogP contribution >= 0.6 is 11.6 Å². The van der Waals surface area contributed by atoms with E-state index >= 15 is 0 Å². The first-order chi connectivity index (χ1) is 8.00. The molecule has 0 aliphatic heterocycles. The van der Waals surface area contributed by atoms with Gasteiger partial charge in [0, 0.05) is 12.2 Å². The molecule has 3 N–H and O–H groups in total. The summed E-state index contributed by atoms with van der Waals surface area (Å²) in [5.74, 6) is 0.494. The van der Waals surface area contributed by atoms with E-state index in [1.807, 2.05) is 0 Å². The summed E-state index contributed by atoms with van der Waals surface area (Å²) in [6, 6.07) is 4.91. The van der Waals surface area contributed by atoms with E-state index < -0.39 is 0 Å². The van der Waals surface area contributed by atoms with Crippen LogP contribution in [0.25, 0.3) is 0 Å². The molecule has 3 nitrogen and oxygen atoms in total. The summed E-state index contributed by atoms with van der Waals surface area (Å²) in [4.78, 5) is 11.8. The lowest BCUT2D eigenvalue weighted by atomic mass is 10.1. The molecule has 17 heavy (non-hydrogen) atoms. The summed E-state index contributed by atoms with van der Waals surface area (Å²) >= 11 is 5.94. The van der Waals surface area contributed by atoms with Gasteiger partial charge in [-0.25, -0.2) is 0 Å². The van der Waals surface area contributed by atoms with Gasteiger partial charge in [0.15, 0.2) is 0 Å². The number of nitrogen functional groups attached to an aromatic ring is 1. The average Bonchev–Trinajstić information content (AvgIpc) is 2.27. The van der Waals surface area contributed by atoms with Crippen LogP contribution in [-0.2, 0) is 0 Å². The SMILES string of the molecule is CC(C)CCCNC(=O)c1cc(N)ccc1Cl. The van der Waals surface area contributed by atoms with Crippen molar-refractivity contribution < 1.29 is 4.79 Å². The Labute approximate surface area is 107 Å². The van der Waals surface area contributed by atoms with E-state index in [1.165, 1.54) is 0 Å². The molecule has 0 saturated carbocycles. The summed E-state index contributed by atoms with van der Waals surface area (Å²) in [5.41, 5.74) is 6.61. The van der Waals surface area contributed by atoms with E-state index in [2.05, 4.69) is 19.2 Å². The Morgan fingerprint density at radius 3 is 2.82 bits per heavy atom. The summed E-state index contributed by atoms with van der Waals surface area (Å²) in [5, 5.41) is 3.27. The molecule has 0 fully saturated rings. The highest BCUT2D eigenvalue weighted by Crippen LogP contribution is 2.18. The molecule has 1 amide bonds. The summed E-state index contributed by atoms with van der Waals surface area (Å²) in [7, 11) is 0. The minimum atomic E-state index is -0.161. The molecule has 0 atom stereocenters. The predicted molar refractivity (Wildman–Crippen MR) is 72.3 cm³/mol. The molecule has 0 aromatic heterocycles. The zero-order valence-corrected chi connectivity index (χ0v) is 11.1. The molecular weight excluding hydrogens is 236 g/mol. The number of hydrogen-bond acceptors (Lipinski definition) is 2. The van der Waals surface area contributed by atoms with Gasteiger partial charge in [0.25, 0.3) is 5.91 Å². The maximum absolute atomic E-state index is 11.8. The van der Waals surface area contributed by atoms with Gasteiger partial charge in [0.1, 0.15) is 0 Å². The molecule has 0 heterocycles. The van der Waals surface area contributed by atoms with Gasteiger partial charge in [-0.2, -0.15) is 0 Å². The summed E-state index contributed by atoms with van der Waals surface area (Å²) in [6.45, 7) is 5.00. The Kier molecular flexibility index (Phi) is 5.29. The second kappa shape index (κ2) is 6.50. The Morgan fingerprint density at radius 1 is 1.47 bits per heavy atom. The van der Waals surface area contributed by atoms with Gasteiger partial charge in [-0.15, -0.1) is 0 Å². The largest absolute Gasteiger partial charge is 0.399 e. The predicted octanol–water partition coefficient (Wildman–Crippen LogP) is 3.09. The molecular formula is C13H19ClN2O. The number of nitrogens with two attached hydrogens (primary N) is 1. The molecule has 1 aromatic carbocycles. The van der Waals surface area contributed by atoms with Crippen molar-refractivity contribution in [1.82, 2.24) is 5.32 Å². The Morgan fingerprint density at radius 2 is 2.18 bits per heavy atom. The van der Waals surface area contributed by atoms with Crippen molar-refractivity contribution in [2.24, 2.45) is 5.92 Å². The van der Waals surface area contributed by atoms with Crippen molar-refractivity contribution in [2.45, 2.75) is 26.7 Å². The van der Waals surface area contributed by atoms with Crippen molar-refractivity contribution in [3.05, 3.63) is 28.8 Å². The molecule has 0 bridgehead atoms. The first-order valence-corrected chi connectivity index (χ1v) is 6.21. The van der Waals surface area contributed by atoms with Crippen LogP contribution in [0.5, 0.6) is 0 Å². The number of carbonyl (C=O) groups excluding carboxylic acids is 1. The van der Waals surface area contributed by atoms with Crippen LogP contribution in [0.1, 0.15) is 37.0 Å². The van der Waals surface area contributed by atoms with Crippen molar-refractivity contribution in [2.75, 3.05) is 12.3 Å². The second-order valence-corrected chi connectivity index (χ2v) is 4.94. The van der Waals surface area contributed by atoms with Crippen LogP contribution < -0.4 is 11.1 Å². The second-order valence-electron chi connectivity index (χ2n) is 4.53. The van der Waals surface area contributed by atoms with E-state index in [0.717, 1.165) is 12.8 Å². The minimum absolute atomic E-state index is 0.161. The molecule has 0 spiro atoms. The Balaban J connectivity index is 2.49. The van der Waals surface area contributed by atoms with Gasteiger partial charge in [-0.1, -0.05) is 25.4 Å². The maximum Gasteiger partial charge on any atom is 0.252 e. The Bertz CT molecular complexity index is 391. The highest BCUT2D eigenvalue weighted by atomic mass is 35.5. The first kappa shape index (κ1) is 13.8. The molecule has 4 heteroatoms. The van der Waals surface area contributed by atoms with Crippen molar-refractivity contribution >= 4 is 23.2 Å². The highest BCUT2D eigenvalue weighted by molar-refractivity contribution is 6.34. The van der Waals surface area contributed by atoms with E-state index in [-0.39, 0.29) is 5.91 Å². The Hall–Kier alpha value is -1.22. The third-order valence-corrected chi connectivity index (χ3v) is 2.81. The van der Waals surface area contributed by atoms with Gasteiger partial charge < -0.3 is 11.1 Å². The van der Waals surface area contributed by atoms with Crippen LogP contribution in [0.3, 0.4) is 0 Å². The fourth-order valence-corrected chi connectivity index (χ4v) is 1.73. The molecule has 0 aliphatic carbocycles. The summed E-state index contributed by atoms with van der Waals surface area (Å²) < 4.78 is 0. The van der Waals surface area contributed by atoms with Crippen molar-refractivity contribution in [3.8, 4) is 0 Å². The molecule has 94 valence electrons. The van der Waals surface area contributed by atoms with Gasteiger partial charge in [-0.3, -0.25) is 4.79 Å². The van der Waals surface area contributed by atoms with Crippen LogP contribution in [-0.4, -0.2) is 12.5 Å². The van der Waals surface area contributed by atoms with Gasteiger partial charge in [0.05, 0.1) is 10.6 Å². The highest BCUT2D eigenvalue weighted by Gasteiger charge is 2.09. The zero-order chi connectivity index (χ0) is 12.8. The quantitative estimate of drug-likeness (QED) is 0.627. The van der Waals surface area contributed by atoms with Gasteiger partial charge in [-0.05, 0) is 37.0 Å². The van der Waals surface area contributed by atoms with Crippen LogP contribution in [0, 0.1) is 5.92 Å². The van der Waals surface area contributed by atoms with Gasteiger partial charge >= 0.3 is 0 Å². The topological polar surface area (TPSA) is 55.1 Å². The molecule has 0 aliphatic rings. The third kappa shape index (κ3) is 4.65. The lowest BCUT2D eigenvalue weighted by molar-refractivity contribution is 0.0952. The van der Waals surface area contributed by atoms with Crippen LogP contribution in [0.2, 0.25) is 5.02 Å². The average molecular weight is 255 g/mol. The van der Waals surface area contributed by atoms with E-state index in [9.17, 15) is 4.79 Å². The number of benzene rings is 1. The smallest absolute Gasteiger partial charge is 0.252 e. The fraction of sp³-hybridized carbons (Fsp3) is 0.462. The molecule has 1 aromatic rings. The fourth-order valence-electron chi connectivity index (χ4n) is 1.52. The number of rotatable bonds is 5. The maximum atomic E-state index is 11.8. The lowest BCUT2D eigenvalue weighted by Gasteiger charge is -2.08. The minimum Gasteiger partial charge on any atom is -0.399 e. The monoisotopic (exact) mass is 254 g/mol.